The molecule has 1 heterocycles. The second-order valence-electron chi connectivity index (χ2n) is 3.02. The van der Waals surface area contributed by atoms with Crippen LogP contribution < -0.4 is 5.32 Å². The van der Waals surface area contributed by atoms with Crippen molar-refractivity contribution < 1.29 is 4.92 Å². The average molecular weight is 246 g/mol. The van der Waals surface area contributed by atoms with Crippen LogP contribution in [0.5, 0.6) is 0 Å². The van der Waals surface area contributed by atoms with Crippen LogP contribution in [0.3, 0.4) is 0 Å². The molecule has 0 fully saturated rings. The summed E-state index contributed by atoms with van der Waals surface area (Å²) >= 11 is 3.07. The molecule has 0 aliphatic heterocycles. The van der Waals surface area contributed by atoms with Crippen molar-refractivity contribution in [1.29, 1.82) is 0 Å². The zero-order valence-electron chi connectivity index (χ0n) is 8.56. The first-order chi connectivity index (χ1) is 7.24. The Morgan fingerprint density at radius 2 is 2.40 bits per heavy atom. The molecule has 0 amide bonds. The van der Waals surface area contributed by atoms with Gasteiger partial charge in [0.1, 0.15) is 0 Å². The lowest BCUT2D eigenvalue weighted by atomic mass is 10.4. The van der Waals surface area contributed by atoms with E-state index >= 15 is 0 Å². The number of nitrogens with one attached hydrogen (secondary N) is 1. The van der Waals surface area contributed by atoms with Crippen molar-refractivity contribution in [1.82, 2.24) is 5.32 Å². The third kappa shape index (κ3) is 4.63. The molecule has 0 spiro atoms. The van der Waals surface area contributed by atoms with Gasteiger partial charge in [-0.1, -0.05) is 11.3 Å². The normalized spacial score (nSPS) is 10.5. The first-order valence-corrected chi connectivity index (χ1v) is 6.88. The van der Waals surface area contributed by atoms with Crippen LogP contribution in [0.2, 0.25) is 0 Å². The largest absolute Gasteiger partial charge is 0.324 e. The van der Waals surface area contributed by atoms with Crippen molar-refractivity contribution in [3.63, 3.8) is 0 Å². The van der Waals surface area contributed by atoms with Crippen LogP contribution in [-0.2, 0) is 6.54 Å². The van der Waals surface area contributed by atoms with E-state index in [9.17, 15) is 10.1 Å². The molecular weight excluding hydrogens is 232 g/mol. The molecule has 0 aromatic carbocycles. The minimum atomic E-state index is -0.345. The van der Waals surface area contributed by atoms with Crippen molar-refractivity contribution >= 4 is 28.1 Å². The van der Waals surface area contributed by atoms with E-state index in [1.54, 1.807) is 6.07 Å². The van der Waals surface area contributed by atoms with E-state index in [2.05, 4.69) is 11.6 Å². The van der Waals surface area contributed by atoms with Crippen LogP contribution in [0, 0.1) is 10.1 Å². The van der Waals surface area contributed by atoms with E-state index in [0.717, 1.165) is 30.1 Å². The Bertz CT molecular complexity index is 315. The first-order valence-electron chi connectivity index (χ1n) is 4.67. The van der Waals surface area contributed by atoms with Crippen LogP contribution >= 0.6 is 23.1 Å². The fraction of sp³-hybridized carbons (Fsp3) is 0.556. The van der Waals surface area contributed by atoms with E-state index in [1.807, 2.05) is 17.8 Å². The number of thioether (sulfide) groups is 1. The zero-order valence-corrected chi connectivity index (χ0v) is 10.2. The summed E-state index contributed by atoms with van der Waals surface area (Å²) in [5.74, 6) is 1.15. The number of thiophene rings is 1. The molecule has 0 saturated carbocycles. The molecule has 84 valence electrons. The minimum absolute atomic E-state index is 0.218. The van der Waals surface area contributed by atoms with Crippen molar-refractivity contribution in [3.05, 3.63) is 27.1 Å². The lowest BCUT2D eigenvalue weighted by Crippen LogP contribution is -2.14. The van der Waals surface area contributed by atoms with Crippen LogP contribution in [0.15, 0.2) is 12.1 Å². The average Bonchev–Trinajstić information content (AvgIpc) is 2.66. The topological polar surface area (TPSA) is 55.2 Å². The molecule has 0 aliphatic carbocycles. The van der Waals surface area contributed by atoms with Crippen LogP contribution in [0.4, 0.5) is 5.00 Å². The molecule has 1 aromatic rings. The van der Waals surface area contributed by atoms with E-state index in [4.69, 9.17) is 0 Å². The summed E-state index contributed by atoms with van der Waals surface area (Å²) < 4.78 is 0. The van der Waals surface area contributed by atoms with Gasteiger partial charge < -0.3 is 5.32 Å². The van der Waals surface area contributed by atoms with Crippen molar-refractivity contribution in [2.24, 2.45) is 0 Å². The molecule has 4 nitrogen and oxygen atoms in total. The van der Waals surface area contributed by atoms with Crippen LogP contribution in [0.25, 0.3) is 0 Å². The lowest BCUT2D eigenvalue weighted by Gasteiger charge is -2.00. The van der Waals surface area contributed by atoms with Gasteiger partial charge in [-0.05, 0) is 31.0 Å². The quantitative estimate of drug-likeness (QED) is 0.456. The van der Waals surface area contributed by atoms with Crippen molar-refractivity contribution in [2.75, 3.05) is 18.6 Å². The van der Waals surface area contributed by atoms with Gasteiger partial charge in [0.25, 0.3) is 0 Å². The molecule has 1 rings (SSSR count). The van der Waals surface area contributed by atoms with E-state index in [0.29, 0.717) is 0 Å². The Kier molecular flexibility index (Phi) is 5.67. The monoisotopic (exact) mass is 246 g/mol. The number of hydrogen-bond acceptors (Lipinski definition) is 5. The highest BCUT2D eigenvalue weighted by Crippen LogP contribution is 2.23. The predicted molar refractivity (Wildman–Crippen MR) is 65.7 cm³/mol. The summed E-state index contributed by atoms with van der Waals surface area (Å²) in [4.78, 5) is 11.1. The molecule has 0 unspecified atom stereocenters. The third-order valence-corrected chi connectivity index (χ3v) is 3.56. The fourth-order valence-corrected chi connectivity index (χ4v) is 2.34. The Labute approximate surface area is 97.2 Å². The molecule has 0 aliphatic rings. The number of nitro groups is 1. The summed E-state index contributed by atoms with van der Waals surface area (Å²) in [6, 6.07) is 3.37. The third-order valence-electron chi connectivity index (χ3n) is 1.83. The van der Waals surface area contributed by atoms with Gasteiger partial charge in [-0.3, -0.25) is 10.1 Å². The molecule has 0 atom stereocenters. The number of rotatable bonds is 7. The SMILES string of the molecule is CSCCCNCc1ccc([N+](=O)[O-])s1. The Morgan fingerprint density at radius 3 is 3.00 bits per heavy atom. The van der Waals surface area contributed by atoms with Crippen LogP contribution in [0.1, 0.15) is 11.3 Å². The number of hydrogen-bond donors (Lipinski definition) is 1. The summed E-state index contributed by atoms with van der Waals surface area (Å²) in [6.07, 6.45) is 3.22. The molecule has 0 radical (unpaired) electrons. The maximum Gasteiger partial charge on any atom is 0.324 e. The molecule has 1 aromatic heterocycles. The van der Waals surface area contributed by atoms with Crippen molar-refractivity contribution in [2.45, 2.75) is 13.0 Å². The summed E-state index contributed by atoms with van der Waals surface area (Å²) in [7, 11) is 0. The lowest BCUT2D eigenvalue weighted by molar-refractivity contribution is -0.380. The highest BCUT2D eigenvalue weighted by atomic mass is 32.2. The van der Waals surface area contributed by atoms with Gasteiger partial charge in [0, 0.05) is 17.5 Å². The van der Waals surface area contributed by atoms with Gasteiger partial charge in [0.15, 0.2) is 0 Å². The van der Waals surface area contributed by atoms with Crippen molar-refractivity contribution in [3.8, 4) is 0 Å². The zero-order chi connectivity index (χ0) is 11.1. The fourth-order valence-electron chi connectivity index (χ4n) is 1.11. The van der Waals surface area contributed by atoms with Gasteiger partial charge in [0.2, 0.25) is 0 Å². The summed E-state index contributed by atoms with van der Waals surface area (Å²) in [6.45, 7) is 1.69. The predicted octanol–water partition coefficient (Wildman–Crippen LogP) is 2.50. The Morgan fingerprint density at radius 1 is 1.60 bits per heavy atom. The van der Waals surface area contributed by atoms with Gasteiger partial charge in [0.05, 0.1) is 4.92 Å². The van der Waals surface area contributed by atoms with Gasteiger partial charge in [-0.15, -0.1) is 0 Å². The highest BCUT2D eigenvalue weighted by Gasteiger charge is 2.08. The molecule has 0 bridgehead atoms. The smallest absolute Gasteiger partial charge is 0.312 e. The first kappa shape index (κ1) is 12.5. The maximum atomic E-state index is 10.4. The molecular formula is C9H14N2O2S2. The summed E-state index contributed by atoms with van der Waals surface area (Å²) in [5.41, 5.74) is 0. The number of nitrogens with zero attached hydrogens (tertiary/aromatic N) is 1. The molecule has 1 N–H and O–H groups in total. The second kappa shape index (κ2) is 6.81. The second-order valence-corrected chi connectivity index (χ2v) is 5.15. The Hall–Kier alpha value is -0.590. The van der Waals surface area contributed by atoms with E-state index in [1.165, 1.54) is 11.3 Å². The Balaban J connectivity index is 2.23. The molecule has 15 heavy (non-hydrogen) atoms. The minimum Gasteiger partial charge on any atom is -0.312 e. The highest BCUT2D eigenvalue weighted by molar-refractivity contribution is 7.98. The van der Waals surface area contributed by atoms with Gasteiger partial charge in [-0.2, -0.15) is 11.8 Å². The van der Waals surface area contributed by atoms with E-state index in [-0.39, 0.29) is 9.92 Å². The summed E-state index contributed by atoms with van der Waals surface area (Å²) in [5, 5.41) is 13.9. The standard InChI is InChI=1S/C9H14N2O2S2/c1-14-6-2-5-10-7-8-3-4-9(15-8)11(12)13/h3-4,10H,2,5-7H2,1H3. The maximum absolute atomic E-state index is 10.4. The molecule has 6 heteroatoms. The van der Waals surface area contributed by atoms with E-state index < -0.39 is 0 Å². The molecule has 0 saturated heterocycles. The van der Waals surface area contributed by atoms with Gasteiger partial charge in [-0.25, -0.2) is 0 Å². The van der Waals surface area contributed by atoms with Gasteiger partial charge >= 0.3 is 5.00 Å². The van der Waals surface area contributed by atoms with Crippen LogP contribution in [-0.4, -0.2) is 23.5 Å².